The van der Waals surface area contributed by atoms with Crippen LogP contribution in [-0.2, 0) is 4.79 Å². The number of hydrogen-bond donors (Lipinski definition) is 2. The molecule has 2 aromatic rings. The highest BCUT2D eigenvalue weighted by Gasteiger charge is 2.30. The molecule has 0 amide bonds. The minimum Gasteiger partial charge on any atom is -0.490 e. The van der Waals surface area contributed by atoms with Crippen molar-refractivity contribution in [3.8, 4) is 11.5 Å². The molecule has 142 valence electrons. The molecule has 0 aromatic heterocycles. The minimum absolute atomic E-state index is 0.151. The van der Waals surface area contributed by atoms with E-state index in [1.54, 1.807) is 36.4 Å². The molecule has 2 N–H and O–H groups in total. The number of carboxylic acid groups (broad SMARTS) is 1. The third-order valence-electron chi connectivity index (χ3n) is 3.93. The van der Waals surface area contributed by atoms with E-state index in [0.717, 1.165) is 10.0 Å². The predicted molar refractivity (Wildman–Crippen MR) is 106 cm³/mol. The molecule has 27 heavy (non-hydrogen) atoms. The summed E-state index contributed by atoms with van der Waals surface area (Å²) in [5.74, 6) is -0.0805. The third-order valence-corrected chi connectivity index (χ3v) is 5.73. The van der Waals surface area contributed by atoms with Gasteiger partial charge in [-0.25, -0.2) is 4.79 Å². The lowest BCUT2D eigenvalue weighted by Crippen LogP contribution is -2.33. The van der Waals surface area contributed by atoms with Gasteiger partial charge in [0, 0.05) is 10.2 Å². The summed E-state index contributed by atoms with van der Waals surface area (Å²) in [5, 5.41) is 12.0. The molecule has 3 rings (SSSR count). The van der Waals surface area contributed by atoms with Crippen molar-refractivity contribution in [3.63, 3.8) is 0 Å². The molecular weight excluding hydrogens is 434 g/mol. The fraction of sp³-hybridized carbons (Fsp3) is 0.263. The zero-order chi connectivity index (χ0) is 19.4. The first kappa shape index (κ1) is 19.7. The topological polar surface area (TPSA) is 84.9 Å². The summed E-state index contributed by atoms with van der Waals surface area (Å²) < 4.78 is 12.0. The summed E-state index contributed by atoms with van der Waals surface area (Å²) in [6.45, 7) is 2.26. The normalized spacial score (nSPS) is 18.9. The number of hydrogen-bond acceptors (Lipinski definition) is 6. The standard InChI is InChI=1S/C19H18BrNO5S/c1-2-25-16-9-12(17-21-14(10-27-17)18(22)23)5-8-15(16)26-19(24)11-3-6-13(20)7-4-11/h3-9,14,17,21H,2,10H2,1H3,(H,22,23). The molecule has 2 unspecified atom stereocenters. The number of ether oxygens (including phenoxy) is 2. The average Bonchev–Trinajstić information content (AvgIpc) is 3.14. The van der Waals surface area contributed by atoms with Gasteiger partial charge in [0.05, 0.1) is 17.5 Å². The number of carbonyl (C=O) groups is 2. The molecule has 1 fully saturated rings. The number of aliphatic carboxylic acids is 1. The van der Waals surface area contributed by atoms with E-state index in [-0.39, 0.29) is 5.37 Å². The van der Waals surface area contributed by atoms with E-state index in [1.165, 1.54) is 11.8 Å². The van der Waals surface area contributed by atoms with E-state index in [2.05, 4.69) is 21.2 Å². The molecule has 0 radical (unpaired) electrons. The zero-order valence-corrected chi connectivity index (χ0v) is 16.9. The summed E-state index contributed by atoms with van der Waals surface area (Å²) in [4.78, 5) is 23.5. The van der Waals surface area contributed by atoms with Crippen molar-refractivity contribution >= 4 is 39.6 Å². The van der Waals surface area contributed by atoms with E-state index >= 15 is 0 Å². The summed E-state index contributed by atoms with van der Waals surface area (Å²) >= 11 is 4.85. The number of halogens is 1. The fourth-order valence-electron chi connectivity index (χ4n) is 2.59. The molecule has 6 nitrogen and oxygen atoms in total. The van der Waals surface area contributed by atoms with Crippen molar-refractivity contribution in [2.24, 2.45) is 0 Å². The summed E-state index contributed by atoms with van der Waals surface area (Å²) in [7, 11) is 0. The van der Waals surface area contributed by atoms with Gasteiger partial charge in [0.1, 0.15) is 6.04 Å². The first-order chi connectivity index (χ1) is 13.0. The molecule has 2 atom stereocenters. The van der Waals surface area contributed by atoms with Crippen molar-refractivity contribution in [2.45, 2.75) is 18.3 Å². The second-order valence-corrected chi connectivity index (χ2v) is 7.86. The van der Waals surface area contributed by atoms with Gasteiger partial charge in [-0.1, -0.05) is 22.0 Å². The first-order valence-corrected chi connectivity index (χ1v) is 10.2. The fourth-order valence-corrected chi connectivity index (χ4v) is 4.08. The molecule has 1 aliphatic heterocycles. The summed E-state index contributed by atoms with van der Waals surface area (Å²) in [5.41, 5.74) is 1.30. The smallest absolute Gasteiger partial charge is 0.343 e. The van der Waals surface area contributed by atoms with Crippen LogP contribution in [0.5, 0.6) is 11.5 Å². The maximum atomic E-state index is 12.4. The number of carbonyl (C=O) groups excluding carboxylic acids is 1. The van der Waals surface area contributed by atoms with Crippen molar-refractivity contribution in [1.29, 1.82) is 0 Å². The molecule has 8 heteroatoms. The van der Waals surface area contributed by atoms with Crippen LogP contribution in [0.1, 0.15) is 28.2 Å². The molecule has 0 saturated carbocycles. The number of nitrogens with one attached hydrogen (secondary N) is 1. The Morgan fingerprint density at radius 2 is 1.96 bits per heavy atom. The van der Waals surface area contributed by atoms with Gasteiger partial charge >= 0.3 is 11.9 Å². The largest absolute Gasteiger partial charge is 0.490 e. The van der Waals surface area contributed by atoms with Gasteiger partial charge in [-0.15, -0.1) is 11.8 Å². The number of esters is 1. The Balaban J connectivity index is 1.78. The number of carboxylic acids is 1. The predicted octanol–water partition coefficient (Wildman–Crippen LogP) is 3.86. The number of benzene rings is 2. The van der Waals surface area contributed by atoms with Crippen LogP contribution in [0, 0.1) is 0 Å². The molecule has 2 aromatic carbocycles. The molecule has 0 bridgehead atoms. The highest BCUT2D eigenvalue weighted by atomic mass is 79.9. The molecule has 1 saturated heterocycles. The lowest BCUT2D eigenvalue weighted by Gasteiger charge is -2.16. The number of rotatable bonds is 6. The van der Waals surface area contributed by atoms with Crippen molar-refractivity contribution in [3.05, 3.63) is 58.1 Å². The van der Waals surface area contributed by atoms with Crippen LogP contribution in [0.15, 0.2) is 46.9 Å². The highest BCUT2D eigenvalue weighted by Crippen LogP contribution is 2.37. The van der Waals surface area contributed by atoms with Crippen LogP contribution in [0.2, 0.25) is 0 Å². The molecule has 1 heterocycles. The maximum absolute atomic E-state index is 12.4. The molecule has 0 spiro atoms. The number of thioether (sulfide) groups is 1. The van der Waals surface area contributed by atoms with Crippen molar-refractivity contribution in [1.82, 2.24) is 5.32 Å². The van der Waals surface area contributed by atoms with Gasteiger partial charge in [-0.3, -0.25) is 10.1 Å². The zero-order valence-electron chi connectivity index (χ0n) is 14.5. The van der Waals surface area contributed by atoms with E-state index < -0.39 is 18.0 Å². The van der Waals surface area contributed by atoms with Gasteiger partial charge in [-0.2, -0.15) is 0 Å². The van der Waals surface area contributed by atoms with Gasteiger partial charge in [0.15, 0.2) is 11.5 Å². The Kier molecular flexibility index (Phi) is 6.41. The second-order valence-electron chi connectivity index (χ2n) is 5.81. The SMILES string of the molecule is CCOc1cc(C2NC(C(=O)O)CS2)ccc1OC(=O)c1ccc(Br)cc1. The Morgan fingerprint density at radius 1 is 1.22 bits per heavy atom. The molecular formula is C19H18BrNO5S. The first-order valence-electron chi connectivity index (χ1n) is 8.33. The summed E-state index contributed by atoms with van der Waals surface area (Å²) in [6, 6.07) is 11.6. The van der Waals surface area contributed by atoms with Crippen LogP contribution in [0.3, 0.4) is 0 Å². The van der Waals surface area contributed by atoms with Crippen molar-refractivity contribution < 1.29 is 24.2 Å². The van der Waals surface area contributed by atoms with Crippen LogP contribution in [-0.4, -0.2) is 35.4 Å². The van der Waals surface area contributed by atoms with Crippen LogP contribution in [0.25, 0.3) is 0 Å². The van der Waals surface area contributed by atoms with E-state index in [9.17, 15) is 9.59 Å². The van der Waals surface area contributed by atoms with Crippen LogP contribution >= 0.6 is 27.7 Å². The highest BCUT2D eigenvalue weighted by molar-refractivity contribution is 9.10. The van der Waals surface area contributed by atoms with Gasteiger partial charge in [-0.05, 0) is 48.9 Å². The Morgan fingerprint density at radius 3 is 2.59 bits per heavy atom. The van der Waals surface area contributed by atoms with Crippen LogP contribution in [0.4, 0.5) is 0 Å². The van der Waals surface area contributed by atoms with Crippen molar-refractivity contribution in [2.75, 3.05) is 12.4 Å². The monoisotopic (exact) mass is 451 g/mol. The molecule has 1 aliphatic rings. The van der Waals surface area contributed by atoms with Crippen LogP contribution < -0.4 is 14.8 Å². The minimum atomic E-state index is -0.866. The lowest BCUT2D eigenvalue weighted by atomic mass is 10.1. The third kappa shape index (κ3) is 4.82. The maximum Gasteiger partial charge on any atom is 0.343 e. The Bertz CT molecular complexity index is 842. The summed E-state index contributed by atoms with van der Waals surface area (Å²) in [6.07, 6.45) is 0. The average molecular weight is 452 g/mol. The Hall–Kier alpha value is -2.03. The van der Waals surface area contributed by atoms with Gasteiger partial charge in [0.25, 0.3) is 0 Å². The van der Waals surface area contributed by atoms with E-state index in [0.29, 0.717) is 29.4 Å². The van der Waals surface area contributed by atoms with Gasteiger partial charge in [0.2, 0.25) is 0 Å². The molecule has 0 aliphatic carbocycles. The van der Waals surface area contributed by atoms with Gasteiger partial charge < -0.3 is 14.6 Å². The Labute approximate surface area is 169 Å². The quantitative estimate of drug-likeness (QED) is 0.509. The second kappa shape index (κ2) is 8.77. The van der Waals surface area contributed by atoms with E-state index in [1.807, 2.05) is 13.0 Å². The lowest BCUT2D eigenvalue weighted by molar-refractivity contribution is -0.138. The van der Waals surface area contributed by atoms with E-state index in [4.69, 9.17) is 14.6 Å².